The van der Waals surface area contributed by atoms with Gasteiger partial charge in [0.15, 0.2) is 0 Å². The van der Waals surface area contributed by atoms with Crippen molar-refractivity contribution >= 4 is 23.7 Å². The van der Waals surface area contributed by atoms with E-state index < -0.39 is 54.0 Å². The van der Waals surface area contributed by atoms with Crippen LogP contribution >= 0.6 is 0 Å². The van der Waals surface area contributed by atoms with Crippen LogP contribution in [0.25, 0.3) is 0 Å². The van der Waals surface area contributed by atoms with Gasteiger partial charge in [-0.1, -0.05) is 50.6 Å². The van der Waals surface area contributed by atoms with Gasteiger partial charge in [0.1, 0.15) is 18.1 Å². The van der Waals surface area contributed by atoms with Crippen LogP contribution in [0.4, 0.5) is 0 Å². The number of hydrogen-bond donors (Lipinski definition) is 7. The second-order valence-electron chi connectivity index (χ2n) is 9.08. The number of aromatic nitrogens is 2. The number of hydrogen-bond acceptors (Lipinski definition) is 7. The number of carbonyl (C=O) groups is 4. The normalized spacial score (nSPS) is 15.9. The smallest absolute Gasteiger partial charge is 0.326 e. The number of benzene rings is 1. The minimum atomic E-state index is -1.46. The van der Waals surface area contributed by atoms with Crippen molar-refractivity contribution in [1.29, 1.82) is 0 Å². The maximum atomic E-state index is 13.2. The number of imidazole rings is 1. The molecule has 0 radical (unpaired) electrons. The zero-order chi connectivity index (χ0) is 27.5. The van der Waals surface area contributed by atoms with E-state index in [0.717, 1.165) is 5.56 Å². The third-order valence-electron chi connectivity index (χ3n) is 6.09. The van der Waals surface area contributed by atoms with Crippen LogP contribution in [0.5, 0.6) is 0 Å². The number of aliphatic carboxylic acids is 1. The summed E-state index contributed by atoms with van der Waals surface area (Å²) in [5.74, 6) is -3.81. The Morgan fingerprint density at radius 2 is 1.62 bits per heavy atom. The zero-order valence-corrected chi connectivity index (χ0v) is 21.2. The fraction of sp³-hybridized carbons (Fsp3) is 0.480. The summed E-state index contributed by atoms with van der Waals surface area (Å²) in [6, 6.07) is 4.39. The van der Waals surface area contributed by atoms with Crippen LogP contribution in [-0.4, -0.2) is 74.1 Å². The van der Waals surface area contributed by atoms with Crippen LogP contribution in [0.2, 0.25) is 0 Å². The van der Waals surface area contributed by atoms with Gasteiger partial charge in [-0.05, 0) is 24.8 Å². The van der Waals surface area contributed by atoms with Crippen LogP contribution < -0.4 is 21.7 Å². The Bertz CT molecular complexity index is 1030. The Morgan fingerprint density at radius 1 is 0.973 bits per heavy atom. The third kappa shape index (κ3) is 8.99. The molecule has 0 saturated carbocycles. The van der Waals surface area contributed by atoms with Crippen molar-refractivity contribution in [2.45, 2.75) is 70.3 Å². The number of aromatic amines is 1. The Morgan fingerprint density at radius 3 is 2.16 bits per heavy atom. The summed E-state index contributed by atoms with van der Waals surface area (Å²) in [6.45, 7) is 4.75. The fourth-order valence-corrected chi connectivity index (χ4v) is 3.65. The number of aliphatic hydroxyl groups is 1. The fourth-order valence-electron chi connectivity index (χ4n) is 3.65. The van der Waals surface area contributed by atoms with Gasteiger partial charge in [0.05, 0.1) is 18.5 Å². The van der Waals surface area contributed by atoms with E-state index in [0.29, 0.717) is 12.1 Å². The first kappa shape index (κ1) is 29.5. The molecule has 6 atom stereocenters. The van der Waals surface area contributed by atoms with Crippen molar-refractivity contribution in [2.24, 2.45) is 11.7 Å². The highest BCUT2D eigenvalue weighted by Crippen LogP contribution is 2.09. The first-order chi connectivity index (χ1) is 17.5. The molecule has 0 fully saturated rings. The van der Waals surface area contributed by atoms with Gasteiger partial charge in [-0.3, -0.25) is 14.4 Å². The van der Waals surface area contributed by atoms with Crippen LogP contribution in [-0.2, 0) is 32.0 Å². The van der Waals surface area contributed by atoms with E-state index in [1.54, 1.807) is 13.8 Å². The molecule has 37 heavy (non-hydrogen) atoms. The minimum Gasteiger partial charge on any atom is -0.480 e. The molecule has 1 heterocycles. The van der Waals surface area contributed by atoms with Gasteiger partial charge in [0.2, 0.25) is 17.7 Å². The molecule has 3 amide bonds. The van der Waals surface area contributed by atoms with Crippen LogP contribution in [0, 0.1) is 5.92 Å². The molecule has 0 aliphatic rings. The average molecular weight is 517 g/mol. The summed E-state index contributed by atoms with van der Waals surface area (Å²) in [6.07, 6.45) is 2.30. The number of carboxylic acids is 1. The molecular formula is C25H36N6O6. The second kappa shape index (κ2) is 14.1. The van der Waals surface area contributed by atoms with E-state index in [1.807, 2.05) is 30.3 Å². The van der Waals surface area contributed by atoms with Gasteiger partial charge in [-0.25, -0.2) is 9.78 Å². The molecule has 202 valence electrons. The van der Waals surface area contributed by atoms with Gasteiger partial charge in [0.25, 0.3) is 0 Å². The zero-order valence-electron chi connectivity index (χ0n) is 21.2. The topological polar surface area (TPSA) is 200 Å². The number of rotatable bonds is 14. The number of H-pyrrole nitrogens is 1. The maximum absolute atomic E-state index is 13.2. The van der Waals surface area contributed by atoms with E-state index in [4.69, 9.17) is 5.73 Å². The molecule has 2 aromatic rings. The number of nitrogens with two attached hydrogens (primary N) is 1. The lowest BCUT2D eigenvalue weighted by Crippen LogP contribution is -2.60. The van der Waals surface area contributed by atoms with Crippen LogP contribution in [0.15, 0.2) is 42.9 Å². The standard InChI is InChI=1S/C25H36N6O6/c1-4-14(2)20(25(36)37)30-24(35)21(15(3)32)31-23(34)19(11-17-12-27-13-28-17)29-22(33)18(26)10-16-8-6-5-7-9-16/h5-9,12-15,18-21,32H,4,10-11,26H2,1-3H3,(H,27,28)(H,29,33)(H,30,35)(H,31,34)(H,36,37). The molecule has 0 aliphatic carbocycles. The lowest BCUT2D eigenvalue weighted by Gasteiger charge is -2.27. The van der Waals surface area contributed by atoms with Crippen molar-refractivity contribution in [3.63, 3.8) is 0 Å². The van der Waals surface area contributed by atoms with Gasteiger partial charge in [-0.2, -0.15) is 0 Å². The summed E-state index contributed by atoms with van der Waals surface area (Å²) in [5.41, 5.74) is 7.46. The molecule has 0 spiro atoms. The number of carboxylic acid groups (broad SMARTS) is 1. The van der Waals surface area contributed by atoms with Crippen LogP contribution in [0.3, 0.4) is 0 Å². The average Bonchev–Trinajstić information content (AvgIpc) is 3.38. The van der Waals surface area contributed by atoms with Crippen molar-refractivity contribution in [3.05, 3.63) is 54.1 Å². The number of nitrogens with zero attached hydrogens (tertiary/aromatic N) is 1. The quantitative estimate of drug-likeness (QED) is 0.174. The van der Waals surface area contributed by atoms with Crippen LogP contribution in [0.1, 0.15) is 38.4 Å². The molecule has 0 aliphatic heterocycles. The van der Waals surface area contributed by atoms with E-state index in [-0.39, 0.29) is 18.8 Å². The van der Waals surface area contributed by atoms with E-state index in [9.17, 15) is 29.4 Å². The molecule has 8 N–H and O–H groups in total. The monoisotopic (exact) mass is 516 g/mol. The minimum absolute atomic E-state index is 0.00833. The molecular weight excluding hydrogens is 480 g/mol. The third-order valence-corrected chi connectivity index (χ3v) is 6.09. The van der Waals surface area contributed by atoms with Gasteiger partial charge < -0.3 is 36.9 Å². The molecule has 0 saturated heterocycles. The lowest BCUT2D eigenvalue weighted by molar-refractivity contribution is -0.144. The molecule has 1 aromatic carbocycles. The number of carbonyl (C=O) groups excluding carboxylic acids is 3. The Labute approximate surface area is 215 Å². The SMILES string of the molecule is CCC(C)C(NC(=O)C(NC(=O)C(Cc1cnc[nH]1)NC(=O)C(N)Cc1ccccc1)C(C)O)C(=O)O. The molecule has 2 rings (SSSR count). The molecule has 0 bridgehead atoms. The number of aliphatic hydroxyl groups excluding tert-OH is 1. The lowest BCUT2D eigenvalue weighted by atomic mass is 9.98. The highest BCUT2D eigenvalue weighted by molar-refractivity contribution is 5.94. The largest absolute Gasteiger partial charge is 0.480 e. The van der Waals surface area contributed by atoms with E-state index >= 15 is 0 Å². The summed E-state index contributed by atoms with van der Waals surface area (Å²) in [7, 11) is 0. The second-order valence-corrected chi connectivity index (χ2v) is 9.08. The predicted molar refractivity (Wildman–Crippen MR) is 135 cm³/mol. The van der Waals surface area contributed by atoms with Crippen molar-refractivity contribution in [3.8, 4) is 0 Å². The number of amides is 3. The highest BCUT2D eigenvalue weighted by atomic mass is 16.4. The molecule has 1 aromatic heterocycles. The van der Waals surface area contributed by atoms with Gasteiger partial charge in [0, 0.05) is 18.3 Å². The summed E-state index contributed by atoms with van der Waals surface area (Å²) < 4.78 is 0. The Kier molecular flexibility index (Phi) is 11.2. The van der Waals surface area contributed by atoms with E-state index in [1.165, 1.54) is 19.4 Å². The highest BCUT2D eigenvalue weighted by Gasteiger charge is 2.34. The Hall–Kier alpha value is -3.77. The van der Waals surface area contributed by atoms with Gasteiger partial charge in [-0.15, -0.1) is 0 Å². The first-order valence-corrected chi connectivity index (χ1v) is 12.1. The molecule has 6 unspecified atom stereocenters. The Balaban J connectivity index is 2.16. The summed E-state index contributed by atoms with van der Waals surface area (Å²) >= 11 is 0. The number of nitrogens with one attached hydrogen (secondary N) is 4. The van der Waals surface area contributed by atoms with Gasteiger partial charge >= 0.3 is 5.97 Å². The molecule has 12 heteroatoms. The summed E-state index contributed by atoms with van der Waals surface area (Å²) in [5, 5.41) is 27.1. The van der Waals surface area contributed by atoms with Crippen molar-refractivity contribution in [1.82, 2.24) is 25.9 Å². The first-order valence-electron chi connectivity index (χ1n) is 12.1. The predicted octanol–water partition coefficient (Wildman–Crippen LogP) is -0.512. The van der Waals surface area contributed by atoms with Crippen molar-refractivity contribution in [2.75, 3.05) is 0 Å². The van der Waals surface area contributed by atoms with Crippen molar-refractivity contribution < 1.29 is 29.4 Å². The maximum Gasteiger partial charge on any atom is 0.326 e. The molecule has 12 nitrogen and oxygen atoms in total. The summed E-state index contributed by atoms with van der Waals surface area (Å²) in [4.78, 5) is 57.3. The van der Waals surface area contributed by atoms with E-state index in [2.05, 4.69) is 25.9 Å².